The molecule has 1 heterocycles. The van der Waals surface area contributed by atoms with Crippen LogP contribution in [-0.4, -0.2) is 41.9 Å². The van der Waals surface area contributed by atoms with Crippen LogP contribution in [0.15, 0.2) is 18.2 Å². The summed E-state index contributed by atoms with van der Waals surface area (Å²) in [5.41, 5.74) is 0.478. The fourth-order valence-electron chi connectivity index (χ4n) is 2.94. The zero-order valence-electron chi connectivity index (χ0n) is 15.3. The third-order valence-corrected chi connectivity index (χ3v) is 4.35. The van der Waals surface area contributed by atoms with E-state index in [1.807, 2.05) is 27.7 Å². The molecule has 0 spiro atoms. The monoisotopic (exact) mass is 366 g/mol. The van der Waals surface area contributed by atoms with E-state index < -0.39 is 0 Å². The van der Waals surface area contributed by atoms with Crippen LogP contribution in [0.1, 0.15) is 50.9 Å². The minimum absolute atomic E-state index is 0.0295. The molecule has 0 aromatic heterocycles. The van der Waals surface area contributed by atoms with Crippen LogP contribution in [0.2, 0.25) is 5.02 Å². The minimum Gasteiger partial charge on any atom is -0.490 e. The molecule has 0 atom stereocenters. The minimum atomic E-state index is -0.0964. The number of carbonyl (C=O) groups excluding carboxylic acids is 2. The van der Waals surface area contributed by atoms with Crippen LogP contribution in [0.25, 0.3) is 0 Å². The quantitative estimate of drug-likeness (QED) is 0.867. The van der Waals surface area contributed by atoms with E-state index in [0.29, 0.717) is 42.3 Å². The molecule has 1 fully saturated rings. The molecule has 1 aliphatic rings. The Balaban J connectivity index is 2.05. The number of nitrogens with one attached hydrogen (secondary N) is 1. The molecule has 5 nitrogen and oxygen atoms in total. The van der Waals surface area contributed by atoms with E-state index in [0.717, 1.165) is 0 Å². The van der Waals surface area contributed by atoms with E-state index in [4.69, 9.17) is 16.3 Å². The van der Waals surface area contributed by atoms with Gasteiger partial charge in [-0.15, -0.1) is 0 Å². The molecule has 0 saturated carbocycles. The highest BCUT2D eigenvalue weighted by molar-refractivity contribution is 6.31. The van der Waals surface area contributed by atoms with Gasteiger partial charge in [0.25, 0.3) is 5.91 Å². The predicted molar refractivity (Wildman–Crippen MR) is 99.1 cm³/mol. The molecule has 138 valence electrons. The van der Waals surface area contributed by atoms with Crippen molar-refractivity contribution in [3.05, 3.63) is 28.8 Å². The van der Waals surface area contributed by atoms with Crippen molar-refractivity contribution in [2.75, 3.05) is 13.1 Å². The second kappa shape index (κ2) is 8.56. The largest absolute Gasteiger partial charge is 0.490 e. The molecule has 1 saturated heterocycles. The van der Waals surface area contributed by atoms with Gasteiger partial charge in [-0.25, -0.2) is 0 Å². The van der Waals surface area contributed by atoms with E-state index in [2.05, 4.69) is 5.32 Å². The van der Waals surface area contributed by atoms with Crippen molar-refractivity contribution in [3.63, 3.8) is 0 Å². The van der Waals surface area contributed by atoms with Gasteiger partial charge in [-0.3, -0.25) is 9.59 Å². The highest BCUT2D eigenvalue weighted by Gasteiger charge is 2.29. The van der Waals surface area contributed by atoms with E-state index >= 15 is 0 Å². The van der Waals surface area contributed by atoms with Gasteiger partial charge in [0, 0.05) is 30.1 Å². The SMILES string of the molecule is CC(C)NC(=O)C1CCN(C(=O)c2cc(Cl)ccc2OC(C)C)CC1. The number of hydrogen-bond acceptors (Lipinski definition) is 3. The van der Waals surface area contributed by atoms with Gasteiger partial charge < -0.3 is 15.0 Å². The van der Waals surface area contributed by atoms with Crippen molar-refractivity contribution in [1.29, 1.82) is 0 Å². The number of benzene rings is 1. The summed E-state index contributed by atoms with van der Waals surface area (Å²) in [6.45, 7) is 8.85. The Hall–Kier alpha value is -1.75. The summed E-state index contributed by atoms with van der Waals surface area (Å²) in [5, 5.41) is 3.45. The van der Waals surface area contributed by atoms with Crippen LogP contribution in [0.5, 0.6) is 5.75 Å². The maximum atomic E-state index is 12.9. The van der Waals surface area contributed by atoms with Crippen LogP contribution in [0.3, 0.4) is 0 Å². The van der Waals surface area contributed by atoms with Crippen molar-refractivity contribution in [2.24, 2.45) is 5.92 Å². The molecule has 2 rings (SSSR count). The van der Waals surface area contributed by atoms with Crippen molar-refractivity contribution in [3.8, 4) is 5.75 Å². The molecule has 0 radical (unpaired) electrons. The summed E-state index contributed by atoms with van der Waals surface area (Å²) in [5.74, 6) is 0.496. The lowest BCUT2D eigenvalue weighted by atomic mass is 9.95. The predicted octanol–water partition coefficient (Wildman–Crippen LogP) is 3.50. The standard InChI is InChI=1S/C19H27ClN2O3/c1-12(2)21-18(23)14-7-9-22(10-8-14)19(24)16-11-15(20)5-6-17(16)25-13(3)4/h5-6,11-14H,7-10H2,1-4H3,(H,21,23). The van der Waals surface area contributed by atoms with Crippen LogP contribution in [-0.2, 0) is 4.79 Å². The first-order valence-electron chi connectivity index (χ1n) is 8.83. The van der Waals surface area contributed by atoms with Crippen molar-refractivity contribution >= 4 is 23.4 Å². The number of halogens is 1. The number of nitrogens with zero attached hydrogens (tertiary/aromatic N) is 1. The molecule has 0 bridgehead atoms. The first-order chi connectivity index (χ1) is 11.8. The fraction of sp³-hybridized carbons (Fsp3) is 0.579. The van der Waals surface area contributed by atoms with E-state index in [-0.39, 0.29) is 29.9 Å². The molecule has 6 heteroatoms. The van der Waals surface area contributed by atoms with Gasteiger partial charge in [-0.2, -0.15) is 0 Å². The van der Waals surface area contributed by atoms with Gasteiger partial charge in [-0.05, 0) is 58.7 Å². The summed E-state index contributed by atoms with van der Waals surface area (Å²) in [4.78, 5) is 26.8. The molecule has 1 aromatic carbocycles. The average Bonchev–Trinajstić information content (AvgIpc) is 2.55. The highest BCUT2D eigenvalue weighted by Crippen LogP contribution is 2.27. The van der Waals surface area contributed by atoms with E-state index in [1.165, 1.54) is 0 Å². The average molecular weight is 367 g/mol. The Morgan fingerprint density at radius 1 is 1.20 bits per heavy atom. The Labute approximate surface area is 154 Å². The van der Waals surface area contributed by atoms with E-state index in [9.17, 15) is 9.59 Å². The summed E-state index contributed by atoms with van der Waals surface area (Å²) < 4.78 is 5.75. The Morgan fingerprint density at radius 2 is 1.84 bits per heavy atom. The smallest absolute Gasteiger partial charge is 0.257 e. The zero-order valence-corrected chi connectivity index (χ0v) is 16.1. The van der Waals surface area contributed by atoms with Gasteiger partial charge in [0.05, 0.1) is 11.7 Å². The molecular weight excluding hydrogens is 340 g/mol. The van der Waals surface area contributed by atoms with Crippen molar-refractivity contribution in [2.45, 2.75) is 52.7 Å². The Kier molecular flexibility index (Phi) is 6.71. The van der Waals surface area contributed by atoms with Crippen molar-refractivity contribution in [1.82, 2.24) is 10.2 Å². The van der Waals surface area contributed by atoms with Gasteiger partial charge in [-0.1, -0.05) is 11.6 Å². The highest BCUT2D eigenvalue weighted by atomic mass is 35.5. The van der Waals surface area contributed by atoms with Crippen LogP contribution < -0.4 is 10.1 Å². The number of ether oxygens (including phenoxy) is 1. The molecule has 1 aromatic rings. The van der Waals surface area contributed by atoms with E-state index in [1.54, 1.807) is 23.1 Å². The molecule has 0 unspecified atom stereocenters. The van der Waals surface area contributed by atoms with Crippen LogP contribution >= 0.6 is 11.6 Å². The number of carbonyl (C=O) groups is 2. The molecule has 2 amide bonds. The van der Waals surface area contributed by atoms with Gasteiger partial charge in [0.15, 0.2) is 0 Å². The topological polar surface area (TPSA) is 58.6 Å². The third kappa shape index (κ3) is 5.36. The summed E-state index contributed by atoms with van der Waals surface area (Å²) in [6.07, 6.45) is 1.31. The summed E-state index contributed by atoms with van der Waals surface area (Å²) >= 11 is 6.07. The van der Waals surface area contributed by atoms with Gasteiger partial charge in [0.1, 0.15) is 5.75 Å². The number of amides is 2. The molecule has 1 aliphatic heterocycles. The molecular formula is C19H27ClN2O3. The molecule has 0 aliphatic carbocycles. The van der Waals surface area contributed by atoms with Crippen molar-refractivity contribution < 1.29 is 14.3 Å². The second-order valence-electron chi connectivity index (χ2n) is 7.04. The second-order valence-corrected chi connectivity index (χ2v) is 7.47. The van der Waals surface area contributed by atoms with Gasteiger partial charge >= 0.3 is 0 Å². The Morgan fingerprint density at radius 3 is 2.40 bits per heavy atom. The first-order valence-corrected chi connectivity index (χ1v) is 9.21. The first kappa shape index (κ1) is 19.6. The van der Waals surface area contributed by atoms with Crippen LogP contribution in [0, 0.1) is 5.92 Å². The zero-order chi connectivity index (χ0) is 18.6. The lowest BCUT2D eigenvalue weighted by molar-refractivity contribution is -0.126. The maximum absolute atomic E-state index is 12.9. The number of hydrogen-bond donors (Lipinski definition) is 1. The Bertz CT molecular complexity index is 623. The fourth-order valence-corrected chi connectivity index (χ4v) is 3.12. The normalized spacial score (nSPS) is 15.6. The molecule has 1 N–H and O–H groups in total. The lowest BCUT2D eigenvalue weighted by Crippen LogP contribution is -2.44. The maximum Gasteiger partial charge on any atom is 0.257 e. The van der Waals surface area contributed by atoms with Crippen LogP contribution in [0.4, 0.5) is 0 Å². The number of rotatable bonds is 5. The third-order valence-electron chi connectivity index (χ3n) is 4.12. The summed E-state index contributed by atoms with van der Waals surface area (Å²) in [7, 11) is 0. The lowest BCUT2D eigenvalue weighted by Gasteiger charge is -2.32. The number of likely N-dealkylation sites (tertiary alicyclic amines) is 1. The molecule has 25 heavy (non-hydrogen) atoms. The van der Waals surface area contributed by atoms with Gasteiger partial charge in [0.2, 0.25) is 5.91 Å². The number of piperidine rings is 1. The summed E-state index contributed by atoms with van der Waals surface area (Å²) in [6, 6.07) is 5.24.